The molecule has 0 aliphatic carbocycles. The first-order valence-corrected chi connectivity index (χ1v) is 7.71. The minimum absolute atomic E-state index is 0.0751. The van der Waals surface area contributed by atoms with Crippen molar-refractivity contribution in [3.05, 3.63) is 78.1 Å². The fourth-order valence-electron chi connectivity index (χ4n) is 2.40. The smallest absolute Gasteiger partial charge is 0.251 e. The quantitative estimate of drug-likeness (QED) is 0.784. The highest BCUT2D eigenvalue weighted by Gasteiger charge is 2.06. The summed E-state index contributed by atoms with van der Waals surface area (Å²) in [4.78, 5) is 12.2. The molecule has 1 amide bonds. The van der Waals surface area contributed by atoms with Crippen molar-refractivity contribution >= 4 is 5.91 Å². The molecule has 0 fully saturated rings. The van der Waals surface area contributed by atoms with E-state index in [2.05, 4.69) is 22.5 Å². The number of carbonyl (C=O) groups excluding carboxylic acids is 1. The van der Waals surface area contributed by atoms with Gasteiger partial charge in [-0.25, -0.2) is 0 Å². The molecule has 1 heterocycles. The Morgan fingerprint density at radius 2 is 1.74 bits per heavy atom. The number of aromatic nitrogens is 2. The van der Waals surface area contributed by atoms with Crippen LogP contribution in [0.25, 0.3) is 11.1 Å². The van der Waals surface area contributed by atoms with Gasteiger partial charge in [0.15, 0.2) is 0 Å². The summed E-state index contributed by atoms with van der Waals surface area (Å²) in [7, 11) is 0. The molecule has 116 valence electrons. The van der Waals surface area contributed by atoms with E-state index in [1.807, 2.05) is 60.3 Å². The molecular formula is C19H19N3O. The fourth-order valence-corrected chi connectivity index (χ4v) is 2.40. The number of rotatable bonds is 5. The van der Waals surface area contributed by atoms with E-state index in [-0.39, 0.29) is 5.91 Å². The van der Waals surface area contributed by atoms with Crippen LogP contribution in [-0.4, -0.2) is 15.7 Å². The van der Waals surface area contributed by atoms with E-state index in [4.69, 9.17) is 0 Å². The summed E-state index contributed by atoms with van der Waals surface area (Å²) in [6.45, 7) is 3.35. The zero-order chi connectivity index (χ0) is 16.1. The van der Waals surface area contributed by atoms with Crippen LogP contribution in [0.3, 0.4) is 0 Å². The Labute approximate surface area is 135 Å². The van der Waals surface area contributed by atoms with Gasteiger partial charge in [-0.3, -0.25) is 9.48 Å². The molecule has 0 saturated heterocycles. The Bertz CT molecular complexity index is 776. The fraction of sp³-hybridized carbons (Fsp3) is 0.158. The Hall–Kier alpha value is -2.88. The summed E-state index contributed by atoms with van der Waals surface area (Å²) in [5.74, 6) is -0.0751. The van der Waals surface area contributed by atoms with Crippen LogP contribution in [0.5, 0.6) is 0 Å². The summed E-state index contributed by atoms with van der Waals surface area (Å²) >= 11 is 0. The van der Waals surface area contributed by atoms with Gasteiger partial charge in [-0.1, -0.05) is 42.5 Å². The average molecular weight is 305 g/mol. The topological polar surface area (TPSA) is 46.9 Å². The number of nitrogens with zero attached hydrogens (tertiary/aromatic N) is 2. The van der Waals surface area contributed by atoms with E-state index in [0.717, 1.165) is 23.2 Å². The first-order valence-electron chi connectivity index (χ1n) is 7.71. The number of nitrogens with one attached hydrogen (secondary N) is 1. The number of aryl methyl sites for hydroxylation is 1. The SMILES string of the molecule is CCn1cc(CNC(=O)c2ccc(-c3ccccc3)cc2)cn1. The highest BCUT2D eigenvalue weighted by molar-refractivity contribution is 5.94. The van der Waals surface area contributed by atoms with Gasteiger partial charge in [0.05, 0.1) is 6.20 Å². The van der Waals surface area contributed by atoms with Gasteiger partial charge >= 0.3 is 0 Å². The lowest BCUT2D eigenvalue weighted by Crippen LogP contribution is -2.22. The predicted octanol–water partition coefficient (Wildman–Crippen LogP) is 3.50. The minimum atomic E-state index is -0.0751. The highest BCUT2D eigenvalue weighted by atomic mass is 16.1. The van der Waals surface area contributed by atoms with E-state index in [1.54, 1.807) is 6.20 Å². The molecule has 4 nitrogen and oxygen atoms in total. The maximum absolute atomic E-state index is 12.2. The van der Waals surface area contributed by atoms with Gasteiger partial charge in [-0.05, 0) is 30.2 Å². The van der Waals surface area contributed by atoms with Gasteiger partial charge in [0.2, 0.25) is 0 Å². The molecule has 0 atom stereocenters. The lowest BCUT2D eigenvalue weighted by Gasteiger charge is -2.05. The van der Waals surface area contributed by atoms with Crippen molar-refractivity contribution in [1.82, 2.24) is 15.1 Å². The summed E-state index contributed by atoms with van der Waals surface area (Å²) in [5, 5.41) is 7.12. The third-order valence-electron chi connectivity index (χ3n) is 3.72. The van der Waals surface area contributed by atoms with Crippen LogP contribution in [0, 0.1) is 0 Å². The third-order valence-corrected chi connectivity index (χ3v) is 3.72. The standard InChI is InChI=1S/C19H19N3O/c1-2-22-14-15(13-21-22)12-20-19(23)18-10-8-17(9-11-18)16-6-4-3-5-7-16/h3-11,13-14H,2,12H2,1H3,(H,20,23). The molecule has 0 aliphatic heterocycles. The van der Waals surface area contributed by atoms with Gasteiger partial charge in [-0.2, -0.15) is 5.10 Å². The molecule has 3 aromatic rings. The number of hydrogen-bond donors (Lipinski definition) is 1. The molecule has 0 saturated carbocycles. The van der Waals surface area contributed by atoms with Crippen molar-refractivity contribution in [2.75, 3.05) is 0 Å². The Balaban J connectivity index is 1.63. The van der Waals surface area contributed by atoms with Crippen LogP contribution in [0.1, 0.15) is 22.8 Å². The molecule has 0 unspecified atom stereocenters. The molecule has 0 aliphatic rings. The molecule has 1 aromatic heterocycles. The molecular weight excluding hydrogens is 286 g/mol. The summed E-state index contributed by atoms with van der Waals surface area (Å²) in [6.07, 6.45) is 3.72. The second-order valence-corrected chi connectivity index (χ2v) is 5.33. The maximum atomic E-state index is 12.2. The van der Waals surface area contributed by atoms with Crippen molar-refractivity contribution in [1.29, 1.82) is 0 Å². The molecule has 2 aromatic carbocycles. The van der Waals surface area contributed by atoms with Gasteiger partial charge in [-0.15, -0.1) is 0 Å². The Kier molecular flexibility index (Phi) is 4.52. The summed E-state index contributed by atoms with van der Waals surface area (Å²) in [6, 6.07) is 17.8. The minimum Gasteiger partial charge on any atom is -0.348 e. The van der Waals surface area contributed by atoms with Gasteiger partial charge < -0.3 is 5.32 Å². The number of benzene rings is 2. The van der Waals surface area contributed by atoms with Gasteiger partial charge in [0.1, 0.15) is 0 Å². The van der Waals surface area contributed by atoms with Crippen molar-refractivity contribution < 1.29 is 4.79 Å². The van der Waals surface area contributed by atoms with Crippen LogP contribution in [-0.2, 0) is 13.1 Å². The second-order valence-electron chi connectivity index (χ2n) is 5.33. The molecule has 23 heavy (non-hydrogen) atoms. The normalized spacial score (nSPS) is 10.5. The largest absolute Gasteiger partial charge is 0.348 e. The van der Waals surface area contributed by atoms with Gasteiger partial charge in [0, 0.05) is 30.4 Å². The molecule has 0 spiro atoms. The Morgan fingerprint density at radius 3 is 2.39 bits per heavy atom. The van der Waals surface area contributed by atoms with Crippen LogP contribution in [0.2, 0.25) is 0 Å². The molecule has 0 radical (unpaired) electrons. The molecule has 4 heteroatoms. The van der Waals surface area contributed by atoms with E-state index in [0.29, 0.717) is 12.1 Å². The monoisotopic (exact) mass is 305 g/mol. The highest BCUT2D eigenvalue weighted by Crippen LogP contribution is 2.19. The summed E-state index contributed by atoms with van der Waals surface area (Å²) in [5.41, 5.74) is 3.91. The first kappa shape index (κ1) is 15.0. The number of amides is 1. The number of carbonyl (C=O) groups is 1. The van der Waals surface area contributed by atoms with Gasteiger partial charge in [0.25, 0.3) is 5.91 Å². The third kappa shape index (κ3) is 3.66. The van der Waals surface area contributed by atoms with Crippen LogP contribution in [0.15, 0.2) is 67.0 Å². The van der Waals surface area contributed by atoms with E-state index in [1.165, 1.54) is 0 Å². The predicted molar refractivity (Wildman–Crippen MR) is 90.9 cm³/mol. The molecule has 1 N–H and O–H groups in total. The average Bonchev–Trinajstić information content (AvgIpc) is 3.09. The van der Waals surface area contributed by atoms with E-state index < -0.39 is 0 Å². The zero-order valence-electron chi connectivity index (χ0n) is 13.1. The molecule has 3 rings (SSSR count). The van der Waals surface area contributed by atoms with Crippen molar-refractivity contribution in [2.24, 2.45) is 0 Å². The van der Waals surface area contributed by atoms with Crippen LogP contribution in [0.4, 0.5) is 0 Å². The maximum Gasteiger partial charge on any atom is 0.251 e. The second kappa shape index (κ2) is 6.92. The number of hydrogen-bond acceptors (Lipinski definition) is 2. The van der Waals surface area contributed by atoms with E-state index >= 15 is 0 Å². The van der Waals surface area contributed by atoms with Crippen LogP contribution < -0.4 is 5.32 Å². The lowest BCUT2D eigenvalue weighted by molar-refractivity contribution is 0.0951. The van der Waals surface area contributed by atoms with E-state index in [9.17, 15) is 4.79 Å². The summed E-state index contributed by atoms with van der Waals surface area (Å²) < 4.78 is 1.84. The van der Waals surface area contributed by atoms with Crippen molar-refractivity contribution in [3.8, 4) is 11.1 Å². The van der Waals surface area contributed by atoms with Crippen LogP contribution >= 0.6 is 0 Å². The Morgan fingerprint density at radius 1 is 1.04 bits per heavy atom. The first-order chi connectivity index (χ1) is 11.3. The lowest BCUT2D eigenvalue weighted by atomic mass is 10.0. The van der Waals surface area contributed by atoms with Crippen molar-refractivity contribution in [2.45, 2.75) is 20.0 Å². The van der Waals surface area contributed by atoms with Crippen molar-refractivity contribution in [3.63, 3.8) is 0 Å². The molecule has 0 bridgehead atoms. The zero-order valence-corrected chi connectivity index (χ0v) is 13.1.